The zero-order valence-electron chi connectivity index (χ0n) is 7.39. The molecular formula is C8H15NO2. The van der Waals surface area contributed by atoms with Crippen molar-refractivity contribution < 1.29 is 9.53 Å². The Hall–Kier alpha value is -0.570. The van der Waals surface area contributed by atoms with Crippen molar-refractivity contribution in [3.8, 4) is 0 Å². The van der Waals surface area contributed by atoms with Crippen molar-refractivity contribution in [2.45, 2.75) is 24.8 Å². The molecule has 0 aromatic rings. The van der Waals surface area contributed by atoms with Crippen molar-refractivity contribution >= 4 is 5.97 Å². The summed E-state index contributed by atoms with van der Waals surface area (Å²) < 4.78 is 4.74. The lowest BCUT2D eigenvalue weighted by atomic mass is 9.76. The molecule has 0 spiro atoms. The molecule has 64 valence electrons. The van der Waals surface area contributed by atoms with Crippen molar-refractivity contribution in [2.75, 3.05) is 21.2 Å². The SMILES string of the molecule is COC(=O)C1(N(C)C)CCC1. The van der Waals surface area contributed by atoms with Crippen LogP contribution in [0.3, 0.4) is 0 Å². The monoisotopic (exact) mass is 157 g/mol. The Balaban J connectivity index is 2.67. The van der Waals surface area contributed by atoms with Crippen LogP contribution in [0.5, 0.6) is 0 Å². The zero-order chi connectivity index (χ0) is 8.48. The van der Waals surface area contributed by atoms with Crippen LogP contribution >= 0.6 is 0 Å². The number of rotatable bonds is 2. The smallest absolute Gasteiger partial charge is 0.326 e. The maximum atomic E-state index is 11.3. The second-order valence-corrected chi connectivity index (χ2v) is 3.27. The summed E-state index contributed by atoms with van der Waals surface area (Å²) in [6.45, 7) is 0. The summed E-state index contributed by atoms with van der Waals surface area (Å²) in [5, 5.41) is 0. The van der Waals surface area contributed by atoms with E-state index in [-0.39, 0.29) is 11.5 Å². The van der Waals surface area contributed by atoms with Crippen LogP contribution in [0.25, 0.3) is 0 Å². The van der Waals surface area contributed by atoms with Gasteiger partial charge >= 0.3 is 5.97 Å². The molecule has 0 N–H and O–H groups in total. The minimum Gasteiger partial charge on any atom is -0.468 e. The van der Waals surface area contributed by atoms with Gasteiger partial charge in [0.05, 0.1) is 7.11 Å². The van der Waals surface area contributed by atoms with Gasteiger partial charge in [0, 0.05) is 0 Å². The first kappa shape index (κ1) is 8.53. The van der Waals surface area contributed by atoms with Crippen LogP contribution in [-0.4, -0.2) is 37.6 Å². The molecule has 1 aliphatic rings. The molecule has 0 amide bonds. The highest BCUT2D eigenvalue weighted by Crippen LogP contribution is 2.36. The molecule has 0 atom stereocenters. The van der Waals surface area contributed by atoms with Crippen LogP contribution in [-0.2, 0) is 9.53 Å². The third-order valence-corrected chi connectivity index (χ3v) is 2.60. The minimum absolute atomic E-state index is 0.0891. The Kier molecular flexibility index (Phi) is 2.18. The first-order valence-electron chi connectivity index (χ1n) is 3.89. The van der Waals surface area contributed by atoms with Gasteiger partial charge in [-0.2, -0.15) is 0 Å². The minimum atomic E-state index is -0.297. The maximum absolute atomic E-state index is 11.3. The standard InChI is InChI=1S/C8H15NO2/c1-9(2)8(5-4-6-8)7(10)11-3/h4-6H2,1-3H3. The van der Waals surface area contributed by atoms with Gasteiger partial charge in [-0.1, -0.05) is 0 Å². The average molecular weight is 157 g/mol. The molecule has 0 aromatic carbocycles. The van der Waals surface area contributed by atoms with E-state index in [1.807, 2.05) is 19.0 Å². The van der Waals surface area contributed by atoms with E-state index in [9.17, 15) is 4.79 Å². The van der Waals surface area contributed by atoms with E-state index in [2.05, 4.69) is 0 Å². The Morgan fingerprint density at radius 3 is 2.09 bits per heavy atom. The van der Waals surface area contributed by atoms with E-state index in [0.717, 1.165) is 19.3 Å². The molecule has 0 unspecified atom stereocenters. The molecule has 3 heteroatoms. The number of ether oxygens (including phenoxy) is 1. The average Bonchev–Trinajstić information content (AvgIpc) is 1.84. The Morgan fingerprint density at radius 2 is 2.00 bits per heavy atom. The number of likely N-dealkylation sites (N-methyl/N-ethyl adjacent to an activating group) is 1. The van der Waals surface area contributed by atoms with Crippen LogP contribution in [0.4, 0.5) is 0 Å². The topological polar surface area (TPSA) is 29.5 Å². The maximum Gasteiger partial charge on any atom is 0.326 e. The lowest BCUT2D eigenvalue weighted by Gasteiger charge is -2.44. The Morgan fingerprint density at radius 1 is 1.45 bits per heavy atom. The van der Waals surface area contributed by atoms with Gasteiger partial charge in [0.2, 0.25) is 0 Å². The zero-order valence-corrected chi connectivity index (χ0v) is 7.39. The van der Waals surface area contributed by atoms with Gasteiger partial charge in [0.25, 0.3) is 0 Å². The molecule has 1 rings (SSSR count). The van der Waals surface area contributed by atoms with E-state index >= 15 is 0 Å². The van der Waals surface area contributed by atoms with Crippen LogP contribution < -0.4 is 0 Å². The number of esters is 1. The fourth-order valence-electron chi connectivity index (χ4n) is 1.54. The van der Waals surface area contributed by atoms with Crippen molar-refractivity contribution in [1.29, 1.82) is 0 Å². The molecule has 0 radical (unpaired) electrons. The molecule has 0 aliphatic heterocycles. The Labute approximate surface area is 67.3 Å². The first-order chi connectivity index (χ1) is 5.13. The molecular weight excluding hydrogens is 142 g/mol. The number of hydrogen-bond acceptors (Lipinski definition) is 3. The summed E-state index contributed by atoms with van der Waals surface area (Å²) in [6, 6.07) is 0. The number of carbonyl (C=O) groups is 1. The molecule has 1 aliphatic carbocycles. The number of methoxy groups -OCH3 is 1. The van der Waals surface area contributed by atoms with Gasteiger partial charge in [-0.3, -0.25) is 9.69 Å². The van der Waals surface area contributed by atoms with E-state index in [0.29, 0.717) is 0 Å². The van der Waals surface area contributed by atoms with Crippen LogP contribution in [0, 0.1) is 0 Å². The largest absolute Gasteiger partial charge is 0.468 e. The summed E-state index contributed by atoms with van der Waals surface area (Å²) >= 11 is 0. The van der Waals surface area contributed by atoms with Gasteiger partial charge in [-0.05, 0) is 33.4 Å². The molecule has 0 aromatic heterocycles. The molecule has 0 bridgehead atoms. The lowest BCUT2D eigenvalue weighted by Crippen LogP contribution is -2.56. The lowest BCUT2D eigenvalue weighted by molar-refractivity contribution is -0.159. The van der Waals surface area contributed by atoms with Crippen LogP contribution in [0.2, 0.25) is 0 Å². The second-order valence-electron chi connectivity index (χ2n) is 3.27. The highest BCUT2D eigenvalue weighted by Gasteiger charge is 2.47. The fraction of sp³-hybridized carbons (Fsp3) is 0.875. The summed E-state index contributed by atoms with van der Waals surface area (Å²) in [5.41, 5.74) is -0.297. The predicted octanol–water partition coefficient (Wildman–Crippen LogP) is 0.644. The molecule has 3 nitrogen and oxygen atoms in total. The molecule has 11 heavy (non-hydrogen) atoms. The second kappa shape index (κ2) is 2.81. The third kappa shape index (κ3) is 1.13. The number of carbonyl (C=O) groups excluding carboxylic acids is 1. The summed E-state index contributed by atoms with van der Waals surface area (Å²) in [4.78, 5) is 13.3. The highest BCUT2D eigenvalue weighted by molar-refractivity contribution is 5.81. The Bertz CT molecular complexity index is 161. The summed E-state index contributed by atoms with van der Waals surface area (Å²) in [7, 11) is 5.30. The number of hydrogen-bond donors (Lipinski definition) is 0. The van der Waals surface area contributed by atoms with E-state index in [4.69, 9.17) is 4.74 Å². The predicted molar refractivity (Wildman–Crippen MR) is 42.3 cm³/mol. The fourth-order valence-corrected chi connectivity index (χ4v) is 1.54. The quantitative estimate of drug-likeness (QED) is 0.551. The highest BCUT2D eigenvalue weighted by atomic mass is 16.5. The van der Waals surface area contributed by atoms with Gasteiger partial charge in [-0.25, -0.2) is 0 Å². The van der Waals surface area contributed by atoms with Gasteiger partial charge in [0.1, 0.15) is 5.54 Å². The van der Waals surface area contributed by atoms with Gasteiger partial charge in [-0.15, -0.1) is 0 Å². The van der Waals surface area contributed by atoms with E-state index < -0.39 is 0 Å². The summed E-state index contributed by atoms with van der Waals surface area (Å²) in [5.74, 6) is -0.0891. The van der Waals surface area contributed by atoms with Crippen molar-refractivity contribution in [3.63, 3.8) is 0 Å². The van der Waals surface area contributed by atoms with Crippen molar-refractivity contribution in [3.05, 3.63) is 0 Å². The number of nitrogens with zero attached hydrogens (tertiary/aromatic N) is 1. The molecule has 1 fully saturated rings. The van der Waals surface area contributed by atoms with E-state index in [1.54, 1.807) is 0 Å². The summed E-state index contributed by atoms with van der Waals surface area (Å²) in [6.07, 6.45) is 3.01. The normalized spacial score (nSPS) is 21.1. The third-order valence-electron chi connectivity index (χ3n) is 2.60. The van der Waals surface area contributed by atoms with Crippen LogP contribution in [0.15, 0.2) is 0 Å². The first-order valence-corrected chi connectivity index (χ1v) is 3.89. The molecule has 0 saturated heterocycles. The van der Waals surface area contributed by atoms with E-state index in [1.165, 1.54) is 7.11 Å². The van der Waals surface area contributed by atoms with Crippen molar-refractivity contribution in [1.82, 2.24) is 4.90 Å². The molecule has 1 saturated carbocycles. The van der Waals surface area contributed by atoms with Crippen LogP contribution in [0.1, 0.15) is 19.3 Å². The van der Waals surface area contributed by atoms with Gasteiger partial charge < -0.3 is 4.74 Å². The van der Waals surface area contributed by atoms with Crippen molar-refractivity contribution in [2.24, 2.45) is 0 Å². The molecule has 0 heterocycles. The van der Waals surface area contributed by atoms with Gasteiger partial charge in [0.15, 0.2) is 0 Å².